The highest BCUT2D eigenvalue weighted by atomic mass is 32.2. The molecule has 2 rings (SSSR count). The number of nitrogens with two attached hydrogens (primary N) is 1. The number of anilines is 1. The Bertz CT molecular complexity index is 921. The molecule has 26 heavy (non-hydrogen) atoms. The highest BCUT2D eigenvalue weighted by Crippen LogP contribution is 2.24. The van der Waals surface area contributed by atoms with Crippen molar-refractivity contribution < 1.29 is 17.9 Å². The number of rotatable bonds is 6. The summed E-state index contributed by atoms with van der Waals surface area (Å²) >= 11 is 0. The van der Waals surface area contributed by atoms with Gasteiger partial charge in [0.05, 0.1) is 11.5 Å². The van der Waals surface area contributed by atoms with Crippen LogP contribution < -0.4 is 15.2 Å². The van der Waals surface area contributed by atoms with Crippen molar-refractivity contribution in [2.45, 2.75) is 32.6 Å². The van der Waals surface area contributed by atoms with Crippen LogP contribution in [0, 0.1) is 19.8 Å². The number of aryl methyl sites for hydroxylation is 1. The van der Waals surface area contributed by atoms with Gasteiger partial charge >= 0.3 is 0 Å². The smallest absolute Gasteiger partial charge is 0.255 e. The van der Waals surface area contributed by atoms with Gasteiger partial charge in [-0.05, 0) is 61.2 Å². The molecule has 3 N–H and O–H groups in total. The quantitative estimate of drug-likeness (QED) is 0.808. The zero-order valence-corrected chi connectivity index (χ0v) is 16.2. The third kappa shape index (κ3) is 5.06. The first-order chi connectivity index (χ1) is 12.1. The van der Waals surface area contributed by atoms with Crippen molar-refractivity contribution in [2.24, 2.45) is 11.1 Å². The van der Waals surface area contributed by atoms with Crippen LogP contribution in [0.25, 0.3) is 0 Å². The number of nitrogens with one attached hydrogen (secondary N) is 1. The second-order valence-electron chi connectivity index (χ2n) is 6.64. The molecule has 2 aromatic carbocycles. The van der Waals surface area contributed by atoms with E-state index in [4.69, 9.17) is 9.88 Å². The van der Waals surface area contributed by atoms with Crippen LogP contribution in [0.1, 0.15) is 35.3 Å². The Hall–Kier alpha value is -2.38. The molecule has 0 aliphatic carbocycles. The molecule has 0 saturated heterocycles. The van der Waals surface area contributed by atoms with Crippen LogP contribution in [-0.2, 0) is 10.0 Å². The average Bonchev–Trinajstić information content (AvgIpc) is 2.56. The van der Waals surface area contributed by atoms with Gasteiger partial charge in [-0.1, -0.05) is 19.9 Å². The molecule has 0 spiro atoms. The molecule has 2 aromatic rings. The summed E-state index contributed by atoms with van der Waals surface area (Å²) in [6.07, 6.45) is 0. The summed E-state index contributed by atoms with van der Waals surface area (Å²) in [6, 6.07) is 9.71. The van der Waals surface area contributed by atoms with Crippen molar-refractivity contribution in [3.05, 3.63) is 53.1 Å². The molecular formula is C19H24N2O4S. The minimum atomic E-state index is -3.86. The lowest BCUT2D eigenvalue weighted by Crippen LogP contribution is -2.16. The number of hydrogen-bond acceptors (Lipinski definition) is 4. The standard InChI is InChI=1S/C19H24N2O4S/c1-12(2)11-25-16-7-5-6-15(9-16)19(22)21-18-10-17(26(20,23)24)8-13(3)14(18)4/h5-10,12H,11H2,1-4H3,(H,21,22)(H2,20,23,24). The van der Waals surface area contributed by atoms with E-state index in [0.717, 1.165) is 11.1 Å². The molecule has 0 radical (unpaired) electrons. The number of sulfonamides is 1. The molecule has 0 fully saturated rings. The number of amides is 1. The molecule has 0 saturated carbocycles. The molecule has 0 aromatic heterocycles. The zero-order chi connectivity index (χ0) is 19.5. The highest BCUT2D eigenvalue weighted by molar-refractivity contribution is 7.89. The zero-order valence-electron chi connectivity index (χ0n) is 15.4. The van der Waals surface area contributed by atoms with Gasteiger partial charge in [0.25, 0.3) is 5.91 Å². The van der Waals surface area contributed by atoms with Crippen LogP contribution in [0.4, 0.5) is 5.69 Å². The van der Waals surface area contributed by atoms with Gasteiger partial charge < -0.3 is 10.1 Å². The minimum absolute atomic E-state index is 0.0371. The Kier molecular flexibility index (Phi) is 6.05. The molecule has 6 nitrogen and oxygen atoms in total. The van der Waals surface area contributed by atoms with Crippen LogP contribution in [0.15, 0.2) is 41.3 Å². The highest BCUT2D eigenvalue weighted by Gasteiger charge is 2.15. The van der Waals surface area contributed by atoms with Crippen LogP contribution in [0.5, 0.6) is 5.75 Å². The minimum Gasteiger partial charge on any atom is -0.493 e. The van der Waals surface area contributed by atoms with Crippen LogP contribution in [0.3, 0.4) is 0 Å². The SMILES string of the molecule is Cc1cc(S(N)(=O)=O)cc(NC(=O)c2cccc(OCC(C)C)c2)c1C. The summed E-state index contributed by atoms with van der Waals surface area (Å²) in [7, 11) is -3.86. The van der Waals surface area contributed by atoms with Gasteiger partial charge in [0, 0.05) is 11.3 Å². The average molecular weight is 376 g/mol. The number of primary sulfonamides is 1. The molecule has 0 atom stereocenters. The summed E-state index contributed by atoms with van der Waals surface area (Å²) in [4.78, 5) is 12.5. The predicted molar refractivity (Wildman–Crippen MR) is 102 cm³/mol. The van der Waals surface area contributed by atoms with Crippen molar-refractivity contribution >= 4 is 21.6 Å². The topological polar surface area (TPSA) is 98.5 Å². The third-order valence-corrected chi connectivity index (χ3v) is 4.79. The summed E-state index contributed by atoms with van der Waals surface area (Å²) < 4.78 is 28.9. The van der Waals surface area contributed by atoms with Gasteiger partial charge in [-0.3, -0.25) is 4.79 Å². The molecule has 0 aliphatic rings. The van der Waals surface area contributed by atoms with Gasteiger partial charge in [0.15, 0.2) is 0 Å². The second kappa shape index (κ2) is 7.88. The Balaban J connectivity index is 2.28. The molecule has 0 bridgehead atoms. The van der Waals surface area contributed by atoms with Gasteiger partial charge in [0.1, 0.15) is 5.75 Å². The Labute approximate surface area is 154 Å². The molecule has 0 heterocycles. The Morgan fingerprint density at radius 2 is 1.88 bits per heavy atom. The lowest BCUT2D eigenvalue weighted by atomic mass is 10.1. The lowest BCUT2D eigenvalue weighted by Gasteiger charge is -2.13. The fourth-order valence-corrected chi connectivity index (χ4v) is 2.93. The fourth-order valence-electron chi connectivity index (χ4n) is 2.30. The van der Waals surface area contributed by atoms with E-state index in [-0.39, 0.29) is 10.8 Å². The largest absolute Gasteiger partial charge is 0.493 e. The van der Waals surface area contributed by atoms with Crippen LogP contribution in [0.2, 0.25) is 0 Å². The van der Waals surface area contributed by atoms with Crippen molar-refractivity contribution in [1.29, 1.82) is 0 Å². The van der Waals surface area contributed by atoms with E-state index in [2.05, 4.69) is 5.32 Å². The normalized spacial score (nSPS) is 11.5. The second-order valence-corrected chi connectivity index (χ2v) is 8.21. The lowest BCUT2D eigenvalue weighted by molar-refractivity contribution is 0.102. The van der Waals surface area contributed by atoms with Gasteiger partial charge in [-0.15, -0.1) is 0 Å². The van der Waals surface area contributed by atoms with E-state index >= 15 is 0 Å². The summed E-state index contributed by atoms with van der Waals surface area (Å²) in [5.74, 6) is 0.630. The van der Waals surface area contributed by atoms with E-state index in [1.165, 1.54) is 12.1 Å². The van der Waals surface area contributed by atoms with Crippen molar-refractivity contribution in [2.75, 3.05) is 11.9 Å². The first-order valence-electron chi connectivity index (χ1n) is 8.26. The number of benzene rings is 2. The first-order valence-corrected chi connectivity index (χ1v) is 9.81. The summed E-state index contributed by atoms with van der Waals surface area (Å²) in [5, 5.41) is 7.96. The van der Waals surface area contributed by atoms with Crippen LogP contribution >= 0.6 is 0 Å². The first kappa shape index (κ1) is 19.9. The maximum atomic E-state index is 12.6. The van der Waals surface area contributed by atoms with Gasteiger partial charge in [-0.25, -0.2) is 13.6 Å². The van der Waals surface area contributed by atoms with Gasteiger partial charge in [-0.2, -0.15) is 0 Å². The number of hydrogen-bond donors (Lipinski definition) is 2. The van der Waals surface area contributed by atoms with E-state index < -0.39 is 10.0 Å². The summed E-state index contributed by atoms with van der Waals surface area (Å²) in [5.41, 5.74) is 2.33. The number of carbonyl (C=O) groups excluding carboxylic acids is 1. The third-order valence-electron chi connectivity index (χ3n) is 3.90. The maximum Gasteiger partial charge on any atom is 0.255 e. The van der Waals surface area contributed by atoms with Crippen molar-refractivity contribution in [3.63, 3.8) is 0 Å². The molecule has 0 aliphatic heterocycles. The predicted octanol–water partition coefficient (Wildman–Crippen LogP) is 3.24. The fraction of sp³-hybridized carbons (Fsp3) is 0.316. The molecule has 140 valence electrons. The monoisotopic (exact) mass is 376 g/mol. The summed E-state index contributed by atoms with van der Waals surface area (Å²) in [6.45, 7) is 8.21. The van der Waals surface area contributed by atoms with Crippen molar-refractivity contribution in [1.82, 2.24) is 0 Å². The van der Waals surface area contributed by atoms with E-state index in [0.29, 0.717) is 29.5 Å². The van der Waals surface area contributed by atoms with Crippen LogP contribution in [-0.4, -0.2) is 20.9 Å². The maximum absolute atomic E-state index is 12.6. The van der Waals surface area contributed by atoms with E-state index in [1.807, 2.05) is 13.8 Å². The van der Waals surface area contributed by atoms with Crippen molar-refractivity contribution in [3.8, 4) is 5.75 Å². The van der Waals surface area contributed by atoms with E-state index in [9.17, 15) is 13.2 Å². The van der Waals surface area contributed by atoms with Gasteiger partial charge in [0.2, 0.25) is 10.0 Å². The number of carbonyl (C=O) groups is 1. The Morgan fingerprint density at radius 3 is 2.50 bits per heavy atom. The molecule has 7 heteroatoms. The molecule has 1 amide bonds. The van der Waals surface area contributed by atoms with E-state index in [1.54, 1.807) is 38.1 Å². The number of ether oxygens (including phenoxy) is 1. The Morgan fingerprint density at radius 1 is 1.19 bits per heavy atom. The molecular weight excluding hydrogens is 352 g/mol. The molecule has 0 unspecified atom stereocenters.